The number of hydrogen-bond acceptors (Lipinski definition) is 3. The Hall–Kier alpha value is -2.79. The van der Waals surface area contributed by atoms with Gasteiger partial charge in [0.25, 0.3) is 0 Å². The molecule has 1 atom stereocenters. The normalized spacial score (nSPS) is 22.4. The summed E-state index contributed by atoms with van der Waals surface area (Å²) in [7, 11) is 0. The quantitative estimate of drug-likeness (QED) is 0.214. The minimum absolute atomic E-state index is 0.133. The standard InChI is InChI=1S/C35H49NO4/c1-3-4-6-10-29-12-14-31(15-13-29)27-39-26-9-25-36-28(2)11-21-33(36)35(23-7-5-8-24-35)40-32-19-16-30(17-20-32)18-22-34(37)38/h5,7-8,11,16-17,19-21,23,29,31H,3-4,6,9-10,12-15,18,22,24-27H2,1-2H3,(H,37,38). The molecule has 40 heavy (non-hydrogen) atoms. The number of aryl methyl sites for hydroxylation is 2. The van der Waals surface area contributed by atoms with Gasteiger partial charge in [0.05, 0.1) is 5.69 Å². The highest BCUT2D eigenvalue weighted by atomic mass is 16.5. The lowest BCUT2D eigenvalue weighted by Gasteiger charge is -2.34. The van der Waals surface area contributed by atoms with E-state index >= 15 is 0 Å². The summed E-state index contributed by atoms with van der Waals surface area (Å²) in [6.45, 7) is 7.04. The average molecular weight is 548 g/mol. The number of aromatic nitrogens is 1. The van der Waals surface area contributed by atoms with E-state index < -0.39 is 11.6 Å². The van der Waals surface area contributed by atoms with Crippen molar-refractivity contribution < 1.29 is 19.4 Å². The highest BCUT2D eigenvalue weighted by Gasteiger charge is 2.35. The molecule has 0 bridgehead atoms. The van der Waals surface area contributed by atoms with Crippen molar-refractivity contribution in [3.63, 3.8) is 0 Å². The van der Waals surface area contributed by atoms with Crippen LogP contribution in [-0.2, 0) is 28.1 Å². The Morgan fingerprint density at radius 3 is 2.48 bits per heavy atom. The molecule has 1 unspecified atom stereocenters. The molecule has 1 aromatic heterocycles. The Morgan fingerprint density at radius 2 is 1.77 bits per heavy atom. The van der Waals surface area contributed by atoms with Crippen LogP contribution in [0.4, 0.5) is 0 Å². The summed E-state index contributed by atoms with van der Waals surface area (Å²) < 4.78 is 15.3. The second-order valence-electron chi connectivity index (χ2n) is 11.8. The van der Waals surface area contributed by atoms with E-state index in [-0.39, 0.29) is 6.42 Å². The van der Waals surface area contributed by atoms with Crippen LogP contribution in [0.1, 0.15) is 94.5 Å². The maximum absolute atomic E-state index is 10.9. The maximum Gasteiger partial charge on any atom is 0.303 e. The van der Waals surface area contributed by atoms with Gasteiger partial charge < -0.3 is 19.1 Å². The molecule has 1 heterocycles. The third-order valence-electron chi connectivity index (χ3n) is 8.72. The molecule has 2 aliphatic carbocycles. The fourth-order valence-corrected chi connectivity index (χ4v) is 6.28. The summed E-state index contributed by atoms with van der Waals surface area (Å²) in [5.41, 5.74) is 2.80. The Balaban J connectivity index is 1.30. The van der Waals surface area contributed by atoms with Crippen molar-refractivity contribution in [1.82, 2.24) is 4.57 Å². The first-order valence-electron chi connectivity index (χ1n) is 15.6. The number of nitrogens with zero attached hydrogens (tertiary/aromatic N) is 1. The summed E-state index contributed by atoms with van der Waals surface area (Å²) in [5, 5.41) is 8.97. The van der Waals surface area contributed by atoms with Gasteiger partial charge in [-0.1, -0.05) is 75.8 Å². The molecule has 1 fully saturated rings. The number of carboxylic acids is 1. The SMILES string of the molecule is CCCCCC1CCC(COCCCn2c(C)ccc2C2(Oc3ccc(CCC(=O)O)cc3)C=CC=CC2)CC1. The fourth-order valence-electron chi connectivity index (χ4n) is 6.28. The van der Waals surface area contributed by atoms with Crippen LogP contribution in [0, 0.1) is 18.8 Å². The number of carbonyl (C=O) groups is 1. The molecule has 5 heteroatoms. The van der Waals surface area contributed by atoms with E-state index in [9.17, 15) is 4.79 Å². The van der Waals surface area contributed by atoms with Crippen LogP contribution in [-0.4, -0.2) is 28.9 Å². The molecule has 0 saturated heterocycles. The van der Waals surface area contributed by atoms with Crippen LogP contribution >= 0.6 is 0 Å². The minimum atomic E-state index is -0.778. The van der Waals surface area contributed by atoms with Crippen LogP contribution in [0.5, 0.6) is 5.75 Å². The molecule has 1 saturated carbocycles. The number of carboxylic acid groups (broad SMARTS) is 1. The van der Waals surface area contributed by atoms with Gasteiger partial charge in [-0.25, -0.2) is 0 Å². The zero-order valence-corrected chi connectivity index (χ0v) is 24.7. The van der Waals surface area contributed by atoms with Gasteiger partial charge in [-0.3, -0.25) is 4.79 Å². The Bertz CT molecular complexity index is 1110. The van der Waals surface area contributed by atoms with E-state index in [0.717, 1.165) is 61.4 Å². The Morgan fingerprint density at radius 1 is 1.00 bits per heavy atom. The summed E-state index contributed by atoms with van der Waals surface area (Å²) >= 11 is 0. The number of ether oxygens (including phenoxy) is 2. The zero-order valence-electron chi connectivity index (χ0n) is 24.7. The van der Waals surface area contributed by atoms with Crippen LogP contribution in [0.25, 0.3) is 0 Å². The van der Waals surface area contributed by atoms with E-state index in [1.54, 1.807) is 0 Å². The average Bonchev–Trinajstić information content (AvgIpc) is 3.34. The van der Waals surface area contributed by atoms with Gasteiger partial charge in [-0.05, 0) is 80.3 Å². The van der Waals surface area contributed by atoms with Crippen LogP contribution in [0.15, 0.2) is 60.7 Å². The van der Waals surface area contributed by atoms with E-state index in [1.165, 1.54) is 57.1 Å². The van der Waals surface area contributed by atoms with Gasteiger partial charge in [0, 0.05) is 38.3 Å². The third kappa shape index (κ3) is 8.60. The predicted octanol–water partition coefficient (Wildman–Crippen LogP) is 8.40. The number of allylic oxidation sites excluding steroid dienone is 2. The molecular formula is C35H49NO4. The molecule has 2 aromatic rings. The van der Waals surface area contributed by atoms with Crippen molar-refractivity contribution >= 4 is 5.97 Å². The van der Waals surface area contributed by atoms with Crippen molar-refractivity contribution in [2.24, 2.45) is 11.8 Å². The van der Waals surface area contributed by atoms with Crippen molar-refractivity contribution in [3.05, 3.63) is 77.7 Å². The second kappa shape index (κ2) is 15.3. The first kappa shape index (κ1) is 30.2. The number of hydrogen-bond donors (Lipinski definition) is 1. The molecule has 1 aromatic carbocycles. The van der Waals surface area contributed by atoms with Gasteiger partial charge in [0.1, 0.15) is 5.75 Å². The molecule has 5 nitrogen and oxygen atoms in total. The van der Waals surface area contributed by atoms with Gasteiger partial charge in [-0.2, -0.15) is 0 Å². The number of unbranched alkanes of at least 4 members (excludes halogenated alkanes) is 2. The van der Waals surface area contributed by atoms with E-state index in [0.29, 0.717) is 6.42 Å². The van der Waals surface area contributed by atoms with Crippen LogP contribution in [0.3, 0.4) is 0 Å². The molecular weight excluding hydrogens is 498 g/mol. The fraction of sp³-hybridized carbons (Fsp3) is 0.571. The molecule has 0 spiro atoms. The van der Waals surface area contributed by atoms with Gasteiger partial charge in [-0.15, -0.1) is 0 Å². The molecule has 2 aliphatic rings. The summed E-state index contributed by atoms with van der Waals surface area (Å²) in [6, 6.07) is 12.2. The highest BCUT2D eigenvalue weighted by molar-refractivity contribution is 5.67. The Kier molecular flexibility index (Phi) is 11.5. The van der Waals surface area contributed by atoms with Crippen molar-refractivity contribution in [2.45, 2.75) is 103 Å². The van der Waals surface area contributed by atoms with Crippen molar-refractivity contribution in [2.75, 3.05) is 13.2 Å². The zero-order chi connectivity index (χ0) is 28.2. The topological polar surface area (TPSA) is 60.7 Å². The van der Waals surface area contributed by atoms with E-state index in [4.69, 9.17) is 14.6 Å². The monoisotopic (exact) mass is 547 g/mol. The molecule has 0 amide bonds. The van der Waals surface area contributed by atoms with Gasteiger partial charge in [0.15, 0.2) is 5.60 Å². The molecule has 0 radical (unpaired) electrons. The number of aliphatic carboxylic acids is 1. The lowest BCUT2D eigenvalue weighted by atomic mass is 9.80. The Labute approximate surface area is 241 Å². The number of rotatable bonds is 16. The van der Waals surface area contributed by atoms with Crippen LogP contribution < -0.4 is 4.74 Å². The molecule has 4 rings (SSSR count). The number of benzene rings is 1. The molecule has 218 valence electrons. The maximum atomic E-state index is 10.9. The minimum Gasteiger partial charge on any atom is -0.481 e. The lowest BCUT2D eigenvalue weighted by molar-refractivity contribution is -0.136. The highest BCUT2D eigenvalue weighted by Crippen LogP contribution is 2.37. The third-order valence-corrected chi connectivity index (χ3v) is 8.72. The molecule has 0 aliphatic heterocycles. The van der Waals surface area contributed by atoms with Crippen molar-refractivity contribution in [3.8, 4) is 5.75 Å². The van der Waals surface area contributed by atoms with Gasteiger partial charge >= 0.3 is 5.97 Å². The second-order valence-corrected chi connectivity index (χ2v) is 11.8. The van der Waals surface area contributed by atoms with E-state index in [2.05, 4.69) is 54.9 Å². The smallest absolute Gasteiger partial charge is 0.303 e. The first-order chi connectivity index (χ1) is 19.5. The van der Waals surface area contributed by atoms with E-state index in [1.807, 2.05) is 24.3 Å². The lowest BCUT2D eigenvalue weighted by Crippen LogP contribution is -2.34. The first-order valence-corrected chi connectivity index (χ1v) is 15.6. The summed E-state index contributed by atoms with van der Waals surface area (Å²) in [4.78, 5) is 10.9. The summed E-state index contributed by atoms with van der Waals surface area (Å²) in [6.07, 6.45) is 21.8. The predicted molar refractivity (Wildman–Crippen MR) is 162 cm³/mol. The van der Waals surface area contributed by atoms with Crippen molar-refractivity contribution in [1.29, 1.82) is 0 Å². The largest absolute Gasteiger partial charge is 0.481 e. The van der Waals surface area contributed by atoms with Gasteiger partial charge in [0.2, 0.25) is 0 Å². The summed E-state index contributed by atoms with van der Waals surface area (Å²) in [5.74, 6) is 1.69. The molecule has 1 N–H and O–H groups in total. The van der Waals surface area contributed by atoms with Crippen LogP contribution in [0.2, 0.25) is 0 Å².